The van der Waals surface area contributed by atoms with Gasteiger partial charge in [0, 0.05) is 0 Å². The van der Waals surface area contributed by atoms with Gasteiger partial charge in [0.15, 0.2) is 0 Å². The van der Waals surface area contributed by atoms with E-state index < -0.39 is 18.5 Å². The molecule has 0 unspecified atom stereocenters. The molecule has 0 bridgehead atoms. The molecule has 10 heavy (non-hydrogen) atoms. The summed E-state index contributed by atoms with van der Waals surface area (Å²) in [7, 11) is 0. The topological polar surface area (TPSA) is 37.3 Å². The lowest BCUT2D eigenvalue weighted by atomic mass is 10.6. The SMILES string of the molecule is C=C(F)C(=O)O.C=CCF. The highest BCUT2D eigenvalue weighted by Crippen LogP contribution is 1.86. The molecule has 0 atom stereocenters. The van der Waals surface area contributed by atoms with Gasteiger partial charge in [0.2, 0.25) is 5.83 Å². The normalized spacial score (nSPS) is 7.00. The molecule has 1 N–H and O–H groups in total. The van der Waals surface area contributed by atoms with Gasteiger partial charge in [-0.15, -0.1) is 6.58 Å². The maximum Gasteiger partial charge on any atom is 0.364 e. The summed E-state index contributed by atoms with van der Waals surface area (Å²) >= 11 is 0. The molecule has 0 saturated heterocycles. The molecule has 0 spiro atoms. The molecule has 0 aromatic heterocycles. The van der Waals surface area contributed by atoms with Crippen LogP contribution in [0.4, 0.5) is 8.78 Å². The number of hydrogen-bond acceptors (Lipinski definition) is 1. The molecular formula is C6H8F2O2. The van der Waals surface area contributed by atoms with Gasteiger partial charge >= 0.3 is 5.97 Å². The highest BCUT2D eigenvalue weighted by Gasteiger charge is 1.96. The predicted octanol–water partition coefficient (Wildman–Crippen LogP) is 1.70. The summed E-state index contributed by atoms with van der Waals surface area (Å²) < 4.78 is 21.6. The van der Waals surface area contributed by atoms with Crippen molar-refractivity contribution in [1.29, 1.82) is 0 Å². The third kappa shape index (κ3) is 15.8. The van der Waals surface area contributed by atoms with Crippen LogP contribution in [-0.2, 0) is 4.79 Å². The Hall–Kier alpha value is -1.19. The molecule has 0 heterocycles. The zero-order valence-corrected chi connectivity index (χ0v) is 5.31. The lowest BCUT2D eigenvalue weighted by Crippen LogP contribution is -1.90. The molecule has 0 amide bonds. The first-order valence-corrected chi connectivity index (χ1v) is 2.30. The highest BCUT2D eigenvalue weighted by molar-refractivity contribution is 5.82. The maximum absolute atomic E-state index is 11.0. The van der Waals surface area contributed by atoms with Crippen molar-refractivity contribution in [3.05, 3.63) is 25.1 Å². The molecule has 4 heteroatoms. The molecule has 0 radical (unpaired) electrons. The molecule has 58 valence electrons. The molecule has 0 aliphatic rings. The summed E-state index contributed by atoms with van der Waals surface area (Å²) in [5.41, 5.74) is 0. The number of rotatable bonds is 2. The number of hydrogen-bond donors (Lipinski definition) is 1. The van der Waals surface area contributed by atoms with Crippen LogP contribution >= 0.6 is 0 Å². The van der Waals surface area contributed by atoms with Crippen molar-refractivity contribution in [2.24, 2.45) is 0 Å². The van der Waals surface area contributed by atoms with Crippen molar-refractivity contribution >= 4 is 5.97 Å². The van der Waals surface area contributed by atoms with E-state index in [4.69, 9.17) is 5.11 Å². The first-order chi connectivity index (χ1) is 4.56. The molecule has 0 aliphatic heterocycles. The molecule has 0 saturated carbocycles. The minimum absolute atomic E-state index is 0.417. The summed E-state index contributed by atoms with van der Waals surface area (Å²) in [6, 6.07) is 0. The number of halogens is 2. The molecular weight excluding hydrogens is 142 g/mol. The van der Waals surface area contributed by atoms with Gasteiger partial charge in [-0.2, -0.15) is 4.39 Å². The summed E-state index contributed by atoms with van der Waals surface area (Å²) in [5, 5.41) is 7.52. The standard InChI is InChI=1S/C3H3FO2.C3H5F/c1-2(4)3(5)6;1-2-3-4/h1H2,(H,5,6);2H,1,3H2. The average Bonchev–Trinajstić information content (AvgIpc) is 1.89. The van der Waals surface area contributed by atoms with Crippen molar-refractivity contribution in [2.45, 2.75) is 0 Å². The lowest BCUT2D eigenvalue weighted by molar-refractivity contribution is -0.134. The quantitative estimate of drug-likeness (QED) is 0.480. The van der Waals surface area contributed by atoms with Crippen LogP contribution in [0.5, 0.6) is 0 Å². The number of carboxylic acids is 1. The van der Waals surface area contributed by atoms with Crippen LogP contribution < -0.4 is 0 Å². The third-order valence-electron chi connectivity index (χ3n) is 0.341. The molecule has 0 rings (SSSR count). The van der Waals surface area contributed by atoms with E-state index >= 15 is 0 Å². The van der Waals surface area contributed by atoms with E-state index in [2.05, 4.69) is 13.2 Å². The van der Waals surface area contributed by atoms with Crippen molar-refractivity contribution in [2.75, 3.05) is 6.67 Å². The Morgan fingerprint density at radius 3 is 1.90 bits per heavy atom. The van der Waals surface area contributed by atoms with Gasteiger partial charge in [-0.1, -0.05) is 12.7 Å². The van der Waals surface area contributed by atoms with Gasteiger partial charge in [0.05, 0.1) is 0 Å². The van der Waals surface area contributed by atoms with Crippen LogP contribution in [0.2, 0.25) is 0 Å². The van der Waals surface area contributed by atoms with E-state index in [9.17, 15) is 13.6 Å². The highest BCUT2D eigenvalue weighted by atomic mass is 19.1. The molecule has 2 nitrogen and oxygen atoms in total. The molecule has 0 aromatic carbocycles. The largest absolute Gasteiger partial charge is 0.476 e. The van der Waals surface area contributed by atoms with Gasteiger partial charge in [-0.25, -0.2) is 9.18 Å². The van der Waals surface area contributed by atoms with E-state index in [1.54, 1.807) is 0 Å². The fourth-order valence-electron chi connectivity index (χ4n) is 0. The van der Waals surface area contributed by atoms with E-state index in [1.165, 1.54) is 6.08 Å². The number of allylic oxidation sites excluding steroid dienone is 1. The van der Waals surface area contributed by atoms with E-state index in [1.807, 2.05) is 0 Å². The van der Waals surface area contributed by atoms with E-state index in [0.717, 1.165) is 0 Å². The van der Waals surface area contributed by atoms with E-state index in [-0.39, 0.29) is 0 Å². The van der Waals surface area contributed by atoms with Crippen LogP contribution in [0.25, 0.3) is 0 Å². The Bertz CT molecular complexity index is 120. The van der Waals surface area contributed by atoms with Crippen molar-refractivity contribution < 1.29 is 18.7 Å². The summed E-state index contributed by atoms with van der Waals surface area (Å²) in [6.45, 7) is 5.18. The van der Waals surface area contributed by atoms with Crippen LogP contribution in [-0.4, -0.2) is 17.8 Å². The van der Waals surface area contributed by atoms with Crippen LogP contribution in [0.1, 0.15) is 0 Å². The Labute approximate surface area is 57.5 Å². The number of aliphatic carboxylic acids is 1. The van der Waals surface area contributed by atoms with E-state index in [0.29, 0.717) is 0 Å². The second-order valence-corrected chi connectivity index (χ2v) is 1.15. The van der Waals surface area contributed by atoms with Crippen molar-refractivity contribution in [3.63, 3.8) is 0 Å². The first kappa shape index (κ1) is 11.6. The minimum atomic E-state index is -1.60. The second-order valence-electron chi connectivity index (χ2n) is 1.15. The van der Waals surface area contributed by atoms with Gasteiger partial charge < -0.3 is 5.11 Å². The fraction of sp³-hybridized carbons (Fsp3) is 0.167. The number of carbonyl (C=O) groups is 1. The Kier molecular flexibility index (Phi) is 9.05. The predicted molar refractivity (Wildman–Crippen MR) is 34.1 cm³/mol. The fourth-order valence-corrected chi connectivity index (χ4v) is 0. The van der Waals surface area contributed by atoms with Gasteiger partial charge in [0.25, 0.3) is 0 Å². The lowest BCUT2D eigenvalue weighted by Gasteiger charge is -1.75. The summed E-state index contributed by atoms with van der Waals surface area (Å²) in [6.07, 6.45) is 1.21. The molecule has 0 fully saturated rings. The van der Waals surface area contributed by atoms with Gasteiger partial charge in [-0.05, 0) is 0 Å². The minimum Gasteiger partial charge on any atom is -0.476 e. The average molecular weight is 150 g/mol. The Balaban J connectivity index is 0. The zero-order chi connectivity index (χ0) is 8.57. The third-order valence-corrected chi connectivity index (χ3v) is 0.341. The number of carboxylic acid groups (broad SMARTS) is 1. The maximum atomic E-state index is 11.0. The van der Waals surface area contributed by atoms with Crippen LogP contribution in [0.15, 0.2) is 25.1 Å². The Morgan fingerprint density at radius 1 is 1.70 bits per heavy atom. The molecule has 0 aliphatic carbocycles. The number of alkyl halides is 1. The first-order valence-electron chi connectivity index (χ1n) is 2.30. The van der Waals surface area contributed by atoms with Crippen molar-refractivity contribution in [3.8, 4) is 0 Å². The monoisotopic (exact) mass is 150 g/mol. The van der Waals surface area contributed by atoms with Crippen LogP contribution in [0, 0.1) is 0 Å². The van der Waals surface area contributed by atoms with Crippen molar-refractivity contribution in [1.82, 2.24) is 0 Å². The summed E-state index contributed by atoms with van der Waals surface area (Å²) in [5.74, 6) is -2.93. The smallest absolute Gasteiger partial charge is 0.364 e. The van der Waals surface area contributed by atoms with Gasteiger partial charge in [-0.3, -0.25) is 0 Å². The second kappa shape index (κ2) is 7.81. The molecule has 0 aromatic rings. The zero-order valence-electron chi connectivity index (χ0n) is 5.31. The summed E-state index contributed by atoms with van der Waals surface area (Å²) in [4.78, 5) is 9.22. The Morgan fingerprint density at radius 2 is 1.90 bits per heavy atom. The van der Waals surface area contributed by atoms with Gasteiger partial charge in [0.1, 0.15) is 6.67 Å². The van der Waals surface area contributed by atoms with Crippen LogP contribution in [0.3, 0.4) is 0 Å².